The van der Waals surface area contributed by atoms with Gasteiger partial charge in [-0.3, -0.25) is 4.90 Å². The molecule has 6 N–H and O–H groups in total. The van der Waals surface area contributed by atoms with Gasteiger partial charge < -0.3 is 21.4 Å². The van der Waals surface area contributed by atoms with E-state index in [2.05, 4.69) is 24.8 Å². The highest BCUT2D eigenvalue weighted by Crippen LogP contribution is 2.22. The van der Waals surface area contributed by atoms with Gasteiger partial charge in [-0.25, -0.2) is 9.97 Å². The zero-order valence-corrected chi connectivity index (χ0v) is 10.2. The number of H-pyrrole nitrogens is 2. The van der Waals surface area contributed by atoms with Crippen LogP contribution in [0.1, 0.15) is 17.7 Å². The Morgan fingerprint density at radius 2 is 1.50 bits per heavy atom. The van der Waals surface area contributed by atoms with Crippen molar-refractivity contribution < 1.29 is 0 Å². The van der Waals surface area contributed by atoms with Gasteiger partial charge in [0.1, 0.15) is 17.7 Å². The van der Waals surface area contributed by atoms with Crippen molar-refractivity contribution in [2.45, 2.75) is 6.04 Å². The first kappa shape index (κ1) is 12.7. The number of aromatic nitrogens is 4. The van der Waals surface area contributed by atoms with Crippen LogP contribution < -0.4 is 11.5 Å². The van der Waals surface area contributed by atoms with E-state index in [1.807, 2.05) is 0 Å². The molecule has 0 aliphatic carbocycles. The van der Waals surface area contributed by atoms with Crippen LogP contribution in [-0.4, -0.2) is 51.0 Å². The van der Waals surface area contributed by atoms with Crippen LogP contribution in [0.15, 0.2) is 24.8 Å². The van der Waals surface area contributed by atoms with Gasteiger partial charge in [0, 0.05) is 51.0 Å². The third-order valence-electron chi connectivity index (χ3n) is 2.75. The third-order valence-corrected chi connectivity index (χ3v) is 2.75. The number of rotatable bonds is 7. The zero-order chi connectivity index (χ0) is 12.8. The molecule has 18 heavy (non-hydrogen) atoms. The molecule has 0 aliphatic heterocycles. The highest BCUT2D eigenvalue weighted by Gasteiger charge is 2.25. The van der Waals surface area contributed by atoms with E-state index in [9.17, 15) is 0 Å². The molecule has 0 aromatic carbocycles. The fourth-order valence-electron chi connectivity index (χ4n) is 2.03. The van der Waals surface area contributed by atoms with E-state index in [1.165, 1.54) is 0 Å². The topological polar surface area (TPSA) is 113 Å². The Kier molecular flexibility index (Phi) is 4.46. The highest BCUT2D eigenvalue weighted by atomic mass is 15.2. The summed E-state index contributed by atoms with van der Waals surface area (Å²) < 4.78 is 0. The standard InChI is InChI=1S/C11H19N7/c12-1-7-18(8-2-13)9(10-14-3-4-15-10)11-16-5-6-17-11/h3-6,9H,1-2,7-8,12-13H2,(H,14,15)(H,16,17). The van der Waals surface area contributed by atoms with Gasteiger partial charge in [-0.05, 0) is 0 Å². The molecule has 7 nitrogen and oxygen atoms in total. The second kappa shape index (κ2) is 6.29. The summed E-state index contributed by atoms with van der Waals surface area (Å²) in [6.07, 6.45) is 7.06. The monoisotopic (exact) mass is 249 g/mol. The van der Waals surface area contributed by atoms with Crippen LogP contribution in [0.2, 0.25) is 0 Å². The van der Waals surface area contributed by atoms with E-state index >= 15 is 0 Å². The molecule has 98 valence electrons. The Morgan fingerprint density at radius 1 is 1.00 bits per heavy atom. The molecule has 0 bridgehead atoms. The van der Waals surface area contributed by atoms with Crippen molar-refractivity contribution in [3.05, 3.63) is 36.4 Å². The predicted molar refractivity (Wildman–Crippen MR) is 68.7 cm³/mol. The average molecular weight is 249 g/mol. The van der Waals surface area contributed by atoms with Crippen molar-refractivity contribution in [2.75, 3.05) is 26.2 Å². The van der Waals surface area contributed by atoms with E-state index in [-0.39, 0.29) is 6.04 Å². The number of nitrogens with one attached hydrogen (secondary N) is 2. The minimum absolute atomic E-state index is 0.0675. The van der Waals surface area contributed by atoms with Crippen LogP contribution in [0, 0.1) is 0 Å². The van der Waals surface area contributed by atoms with Crippen LogP contribution in [0.25, 0.3) is 0 Å². The van der Waals surface area contributed by atoms with Gasteiger partial charge in [0.15, 0.2) is 0 Å². The molecule has 2 aromatic rings. The maximum atomic E-state index is 5.66. The SMILES string of the molecule is NCCN(CCN)C(c1ncc[nH]1)c1ncc[nH]1. The number of hydrogen-bond acceptors (Lipinski definition) is 5. The molecule has 2 rings (SSSR count). The molecule has 0 saturated carbocycles. The lowest BCUT2D eigenvalue weighted by Crippen LogP contribution is -2.38. The maximum absolute atomic E-state index is 5.66. The zero-order valence-electron chi connectivity index (χ0n) is 10.2. The normalized spacial score (nSPS) is 11.6. The number of nitrogens with zero attached hydrogens (tertiary/aromatic N) is 3. The van der Waals surface area contributed by atoms with Gasteiger partial charge in [0.05, 0.1) is 0 Å². The molecule has 0 fully saturated rings. The average Bonchev–Trinajstić information content (AvgIpc) is 3.03. The molecular formula is C11H19N7. The lowest BCUT2D eigenvalue weighted by Gasteiger charge is -2.28. The van der Waals surface area contributed by atoms with Crippen LogP contribution in [0.5, 0.6) is 0 Å². The molecule has 0 saturated heterocycles. The van der Waals surface area contributed by atoms with Gasteiger partial charge in [0.2, 0.25) is 0 Å². The van der Waals surface area contributed by atoms with Crippen LogP contribution in [-0.2, 0) is 0 Å². The quantitative estimate of drug-likeness (QED) is 0.525. The molecule has 2 aromatic heterocycles. The van der Waals surface area contributed by atoms with Crippen molar-refractivity contribution in [2.24, 2.45) is 11.5 Å². The molecule has 0 spiro atoms. The number of imidazole rings is 2. The van der Waals surface area contributed by atoms with Crippen molar-refractivity contribution in [1.82, 2.24) is 24.8 Å². The first-order valence-corrected chi connectivity index (χ1v) is 5.99. The highest BCUT2D eigenvalue weighted by molar-refractivity contribution is 5.10. The van der Waals surface area contributed by atoms with E-state index in [1.54, 1.807) is 24.8 Å². The summed E-state index contributed by atoms with van der Waals surface area (Å²) in [7, 11) is 0. The van der Waals surface area contributed by atoms with E-state index in [0.717, 1.165) is 24.7 Å². The summed E-state index contributed by atoms with van der Waals surface area (Å²) in [5, 5.41) is 0. The first-order valence-electron chi connectivity index (χ1n) is 5.99. The first-order chi connectivity index (χ1) is 8.86. The van der Waals surface area contributed by atoms with Gasteiger partial charge in [0.25, 0.3) is 0 Å². The van der Waals surface area contributed by atoms with Gasteiger partial charge in [-0.15, -0.1) is 0 Å². The molecule has 7 heteroatoms. The number of aromatic amines is 2. The lowest BCUT2D eigenvalue weighted by atomic mass is 10.2. The molecule has 2 heterocycles. The largest absolute Gasteiger partial charge is 0.347 e. The predicted octanol–water partition coefficient (Wildman–Crippen LogP) is -0.558. The summed E-state index contributed by atoms with van der Waals surface area (Å²) in [4.78, 5) is 17.1. The Labute approximate surface area is 106 Å². The number of hydrogen-bond donors (Lipinski definition) is 4. The van der Waals surface area contributed by atoms with Crippen molar-refractivity contribution in [3.8, 4) is 0 Å². The maximum Gasteiger partial charge on any atom is 0.131 e. The fourth-order valence-corrected chi connectivity index (χ4v) is 2.03. The van der Waals surface area contributed by atoms with Crippen LogP contribution in [0.3, 0.4) is 0 Å². The smallest absolute Gasteiger partial charge is 0.131 e. The van der Waals surface area contributed by atoms with E-state index < -0.39 is 0 Å². The lowest BCUT2D eigenvalue weighted by molar-refractivity contribution is 0.224. The van der Waals surface area contributed by atoms with Crippen molar-refractivity contribution in [3.63, 3.8) is 0 Å². The minimum atomic E-state index is -0.0675. The molecule has 0 radical (unpaired) electrons. The van der Waals surface area contributed by atoms with Gasteiger partial charge in [-0.1, -0.05) is 0 Å². The van der Waals surface area contributed by atoms with Crippen LogP contribution >= 0.6 is 0 Å². The summed E-state index contributed by atoms with van der Waals surface area (Å²) in [6.45, 7) is 2.61. The Hall–Kier alpha value is -1.70. The molecular weight excluding hydrogens is 230 g/mol. The van der Waals surface area contributed by atoms with Gasteiger partial charge in [-0.2, -0.15) is 0 Å². The van der Waals surface area contributed by atoms with Crippen molar-refractivity contribution in [1.29, 1.82) is 0 Å². The van der Waals surface area contributed by atoms with Gasteiger partial charge >= 0.3 is 0 Å². The second-order valence-electron chi connectivity index (χ2n) is 3.96. The number of nitrogens with two attached hydrogens (primary N) is 2. The van der Waals surface area contributed by atoms with Crippen molar-refractivity contribution >= 4 is 0 Å². The summed E-state index contributed by atoms with van der Waals surface area (Å²) in [5.74, 6) is 1.68. The van der Waals surface area contributed by atoms with Crippen LogP contribution in [0.4, 0.5) is 0 Å². The fraction of sp³-hybridized carbons (Fsp3) is 0.455. The summed E-state index contributed by atoms with van der Waals surface area (Å²) >= 11 is 0. The summed E-state index contributed by atoms with van der Waals surface area (Å²) in [6, 6.07) is -0.0675. The molecule has 0 unspecified atom stereocenters. The molecule has 0 aliphatic rings. The Bertz CT molecular complexity index is 382. The summed E-state index contributed by atoms with van der Waals surface area (Å²) in [5.41, 5.74) is 11.3. The second-order valence-corrected chi connectivity index (χ2v) is 3.96. The van der Waals surface area contributed by atoms with E-state index in [0.29, 0.717) is 13.1 Å². The molecule has 0 amide bonds. The van der Waals surface area contributed by atoms with E-state index in [4.69, 9.17) is 11.5 Å². The molecule has 0 atom stereocenters. The Morgan fingerprint density at radius 3 is 1.83 bits per heavy atom. The third kappa shape index (κ3) is 2.76. The minimum Gasteiger partial charge on any atom is -0.347 e. The Balaban J connectivity index is 2.28.